The lowest BCUT2D eigenvalue weighted by atomic mass is 10.0. The summed E-state index contributed by atoms with van der Waals surface area (Å²) in [6.45, 7) is 8.78. The van der Waals surface area contributed by atoms with E-state index in [1.165, 1.54) is 11.1 Å². The number of allylic oxidation sites excluding steroid dienone is 1. The first kappa shape index (κ1) is 19.2. The van der Waals surface area contributed by atoms with Crippen LogP contribution in [0.1, 0.15) is 36.6 Å². The minimum absolute atomic E-state index is 0.189. The molecule has 0 aliphatic rings. The second kappa shape index (κ2) is 10.0. The van der Waals surface area contributed by atoms with Crippen molar-refractivity contribution >= 4 is 0 Å². The predicted molar refractivity (Wildman–Crippen MR) is 104 cm³/mol. The quantitative estimate of drug-likeness (QED) is 0.641. The molecule has 0 fully saturated rings. The summed E-state index contributed by atoms with van der Waals surface area (Å²) in [6, 6.07) is 16.7. The van der Waals surface area contributed by atoms with Gasteiger partial charge in [-0.1, -0.05) is 55.5 Å². The van der Waals surface area contributed by atoms with E-state index in [9.17, 15) is 5.11 Å². The van der Waals surface area contributed by atoms with E-state index in [0.717, 1.165) is 24.2 Å². The van der Waals surface area contributed by atoms with Crippen LogP contribution in [0.3, 0.4) is 0 Å². The third-order valence-corrected chi connectivity index (χ3v) is 4.32. The van der Waals surface area contributed by atoms with Crippen molar-refractivity contribution < 1.29 is 9.84 Å². The Bertz CT molecular complexity index is 651. The Hall–Kier alpha value is -2.10. The zero-order valence-electron chi connectivity index (χ0n) is 15.2. The van der Waals surface area contributed by atoms with Crippen molar-refractivity contribution in [3.05, 3.63) is 77.9 Å². The van der Waals surface area contributed by atoms with Crippen LogP contribution in [0.15, 0.2) is 61.2 Å². The van der Waals surface area contributed by atoms with Crippen LogP contribution in [0.4, 0.5) is 0 Å². The van der Waals surface area contributed by atoms with Gasteiger partial charge in [0.25, 0.3) is 0 Å². The molecule has 0 aliphatic carbocycles. The van der Waals surface area contributed by atoms with Crippen LogP contribution in [0.5, 0.6) is 5.75 Å². The summed E-state index contributed by atoms with van der Waals surface area (Å²) < 4.78 is 5.78. The summed E-state index contributed by atoms with van der Waals surface area (Å²) in [5.41, 5.74) is 3.64. The lowest BCUT2D eigenvalue weighted by Crippen LogP contribution is -2.33. The van der Waals surface area contributed by atoms with Crippen molar-refractivity contribution in [1.82, 2.24) is 5.32 Å². The molecule has 2 aromatic rings. The van der Waals surface area contributed by atoms with Crippen LogP contribution in [-0.4, -0.2) is 24.4 Å². The molecular weight excluding hydrogens is 310 g/mol. The summed E-state index contributed by atoms with van der Waals surface area (Å²) >= 11 is 0. The molecule has 0 bridgehead atoms. The highest BCUT2D eigenvalue weighted by Crippen LogP contribution is 2.19. The Kier molecular flexibility index (Phi) is 7.71. The number of benzene rings is 2. The average Bonchev–Trinajstić information content (AvgIpc) is 2.65. The molecule has 25 heavy (non-hydrogen) atoms. The first-order valence-corrected chi connectivity index (χ1v) is 8.96. The number of aliphatic hydroxyl groups is 1. The average molecular weight is 339 g/mol. The Morgan fingerprint density at radius 2 is 1.88 bits per heavy atom. The van der Waals surface area contributed by atoms with Crippen molar-refractivity contribution in [3.63, 3.8) is 0 Å². The number of aryl methyl sites for hydroxylation is 1. The molecule has 0 spiro atoms. The molecule has 0 saturated carbocycles. The summed E-state index contributed by atoms with van der Waals surface area (Å²) in [5.74, 6) is 0.810. The molecule has 134 valence electrons. The van der Waals surface area contributed by atoms with Gasteiger partial charge in [-0.05, 0) is 42.5 Å². The van der Waals surface area contributed by atoms with E-state index < -0.39 is 6.10 Å². The highest BCUT2D eigenvalue weighted by Gasteiger charge is 2.10. The van der Waals surface area contributed by atoms with Crippen LogP contribution >= 0.6 is 0 Å². The van der Waals surface area contributed by atoms with E-state index in [4.69, 9.17) is 4.74 Å². The van der Waals surface area contributed by atoms with Gasteiger partial charge in [0.1, 0.15) is 18.5 Å². The number of aliphatic hydroxyl groups excluding tert-OH is 1. The zero-order valence-corrected chi connectivity index (χ0v) is 15.2. The van der Waals surface area contributed by atoms with Crippen molar-refractivity contribution in [2.24, 2.45) is 0 Å². The molecule has 0 aromatic heterocycles. The maximum Gasteiger partial charge on any atom is 0.122 e. The molecule has 3 heteroatoms. The SMILES string of the molecule is C=CCc1ccccc1OCC(O)CNC(C)c1ccc(CC)cc1. The maximum atomic E-state index is 10.2. The Morgan fingerprint density at radius 1 is 1.16 bits per heavy atom. The van der Waals surface area contributed by atoms with E-state index in [0.29, 0.717) is 6.54 Å². The van der Waals surface area contributed by atoms with Crippen LogP contribution in [0.25, 0.3) is 0 Å². The molecule has 2 unspecified atom stereocenters. The van der Waals surface area contributed by atoms with Gasteiger partial charge in [0, 0.05) is 12.6 Å². The Balaban J connectivity index is 1.80. The fraction of sp³-hybridized carbons (Fsp3) is 0.364. The number of nitrogens with one attached hydrogen (secondary N) is 1. The smallest absolute Gasteiger partial charge is 0.122 e. The van der Waals surface area contributed by atoms with Crippen LogP contribution in [0.2, 0.25) is 0 Å². The third kappa shape index (κ3) is 6.04. The van der Waals surface area contributed by atoms with E-state index in [2.05, 4.69) is 50.0 Å². The lowest BCUT2D eigenvalue weighted by Gasteiger charge is -2.19. The summed E-state index contributed by atoms with van der Waals surface area (Å²) in [7, 11) is 0. The Morgan fingerprint density at radius 3 is 2.56 bits per heavy atom. The van der Waals surface area contributed by atoms with Gasteiger partial charge in [-0.2, -0.15) is 0 Å². The number of hydrogen-bond acceptors (Lipinski definition) is 3. The fourth-order valence-corrected chi connectivity index (χ4v) is 2.69. The summed E-state index contributed by atoms with van der Waals surface area (Å²) in [5, 5.41) is 13.6. The largest absolute Gasteiger partial charge is 0.491 e. The van der Waals surface area contributed by atoms with E-state index >= 15 is 0 Å². The number of ether oxygens (including phenoxy) is 1. The van der Waals surface area contributed by atoms with Gasteiger partial charge in [0.2, 0.25) is 0 Å². The first-order chi connectivity index (χ1) is 12.1. The molecule has 3 nitrogen and oxygen atoms in total. The minimum Gasteiger partial charge on any atom is -0.491 e. The van der Waals surface area contributed by atoms with Gasteiger partial charge in [-0.25, -0.2) is 0 Å². The van der Waals surface area contributed by atoms with Gasteiger partial charge in [-0.15, -0.1) is 6.58 Å². The van der Waals surface area contributed by atoms with E-state index in [1.54, 1.807) is 0 Å². The molecule has 2 N–H and O–H groups in total. The molecule has 0 radical (unpaired) electrons. The topological polar surface area (TPSA) is 41.5 Å². The standard InChI is InChI=1S/C22H29NO2/c1-4-8-20-9-6-7-10-22(20)25-16-21(24)15-23-17(3)19-13-11-18(5-2)12-14-19/h4,6-7,9-14,17,21,23-24H,1,5,8,15-16H2,2-3H3. The Labute approximate surface area is 151 Å². The summed E-state index contributed by atoms with van der Waals surface area (Å²) in [6.07, 6.45) is 3.10. The van der Waals surface area contributed by atoms with Crippen molar-refractivity contribution in [3.8, 4) is 5.75 Å². The highest BCUT2D eigenvalue weighted by atomic mass is 16.5. The molecule has 2 rings (SSSR count). The second-order valence-electron chi connectivity index (χ2n) is 6.29. The molecule has 2 atom stereocenters. The van der Waals surface area contributed by atoms with Crippen molar-refractivity contribution in [2.45, 2.75) is 38.8 Å². The monoisotopic (exact) mass is 339 g/mol. The summed E-state index contributed by atoms with van der Waals surface area (Å²) in [4.78, 5) is 0. The van der Waals surface area contributed by atoms with Gasteiger partial charge in [0.15, 0.2) is 0 Å². The second-order valence-corrected chi connectivity index (χ2v) is 6.29. The van der Waals surface area contributed by atoms with Crippen molar-refractivity contribution in [2.75, 3.05) is 13.2 Å². The van der Waals surface area contributed by atoms with Crippen LogP contribution in [0, 0.1) is 0 Å². The van der Waals surface area contributed by atoms with Crippen molar-refractivity contribution in [1.29, 1.82) is 0 Å². The number of para-hydroxylation sites is 1. The normalized spacial score (nSPS) is 13.2. The number of rotatable bonds is 10. The zero-order chi connectivity index (χ0) is 18.1. The van der Waals surface area contributed by atoms with E-state index in [-0.39, 0.29) is 12.6 Å². The minimum atomic E-state index is -0.561. The van der Waals surface area contributed by atoms with Gasteiger partial charge < -0.3 is 15.2 Å². The molecule has 0 amide bonds. The van der Waals surface area contributed by atoms with Gasteiger partial charge in [-0.3, -0.25) is 0 Å². The van der Waals surface area contributed by atoms with Crippen LogP contribution < -0.4 is 10.1 Å². The fourth-order valence-electron chi connectivity index (χ4n) is 2.69. The molecule has 0 aliphatic heterocycles. The molecule has 0 heterocycles. The van der Waals surface area contributed by atoms with Gasteiger partial charge in [0.05, 0.1) is 0 Å². The maximum absolute atomic E-state index is 10.2. The number of hydrogen-bond donors (Lipinski definition) is 2. The predicted octanol–water partition coefficient (Wildman–Crippen LogP) is 4.07. The highest BCUT2D eigenvalue weighted by molar-refractivity contribution is 5.34. The molecular formula is C22H29NO2. The molecule has 0 saturated heterocycles. The van der Waals surface area contributed by atoms with Gasteiger partial charge >= 0.3 is 0 Å². The lowest BCUT2D eigenvalue weighted by molar-refractivity contribution is 0.104. The molecule has 2 aromatic carbocycles. The first-order valence-electron chi connectivity index (χ1n) is 8.96. The van der Waals surface area contributed by atoms with Crippen LogP contribution in [-0.2, 0) is 12.8 Å². The van der Waals surface area contributed by atoms with E-state index in [1.807, 2.05) is 30.3 Å². The third-order valence-electron chi connectivity index (χ3n) is 4.32.